The van der Waals surface area contributed by atoms with Crippen LogP contribution >= 0.6 is 11.8 Å². The molecule has 0 spiro atoms. The van der Waals surface area contributed by atoms with Gasteiger partial charge in [0.2, 0.25) is 5.91 Å². The van der Waals surface area contributed by atoms with Crippen molar-refractivity contribution in [3.63, 3.8) is 0 Å². The van der Waals surface area contributed by atoms with E-state index in [4.69, 9.17) is 5.11 Å². The summed E-state index contributed by atoms with van der Waals surface area (Å²) in [6.45, 7) is 0. The molecule has 2 N–H and O–H groups in total. The number of carboxylic acids is 1. The molecule has 0 aliphatic carbocycles. The van der Waals surface area contributed by atoms with Crippen molar-refractivity contribution in [1.29, 1.82) is 0 Å². The van der Waals surface area contributed by atoms with E-state index in [-0.39, 0.29) is 17.0 Å². The molecule has 1 fully saturated rings. The molecule has 1 aromatic carbocycles. The number of hydrogen-bond acceptors (Lipinski definition) is 3. The van der Waals surface area contributed by atoms with Gasteiger partial charge in [0.15, 0.2) is 0 Å². The standard InChI is InChI=1S/C12H12FNO3S/c13-8-3-1-2-7(4-8)5-10-11(15)14-9(6-18-10)12(16)17/h1-4,9-10H,5-6H2,(H,14,15)(H,16,17)/t9-,10+/m0/s1. The number of rotatable bonds is 3. The minimum Gasteiger partial charge on any atom is -0.480 e. The highest BCUT2D eigenvalue weighted by molar-refractivity contribution is 8.00. The number of carboxylic acid groups (broad SMARTS) is 1. The van der Waals surface area contributed by atoms with E-state index < -0.39 is 12.0 Å². The molecular weight excluding hydrogens is 257 g/mol. The highest BCUT2D eigenvalue weighted by Gasteiger charge is 2.32. The molecule has 2 rings (SSSR count). The summed E-state index contributed by atoms with van der Waals surface area (Å²) in [6, 6.07) is 5.25. The summed E-state index contributed by atoms with van der Waals surface area (Å²) in [5.41, 5.74) is 0.733. The average Bonchev–Trinajstić information content (AvgIpc) is 2.31. The van der Waals surface area contributed by atoms with Crippen molar-refractivity contribution in [2.45, 2.75) is 17.7 Å². The zero-order chi connectivity index (χ0) is 13.1. The number of carbonyl (C=O) groups is 2. The number of hydrogen-bond donors (Lipinski definition) is 2. The van der Waals surface area contributed by atoms with Gasteiger partial charge in [-0.3, -0.25) is 4.79 Å². The Morgan fingerprint density at radius 2 is 2.33 bits per heavy atom. The van der Waals surface area contributed by atoms with Crippen molar-refractivity contribution in [2.75, 3.05) is 5.75 Å². The van der Waals surface area contributed by atoms with Crippen LogP contribution in [0, 0.1) is 5.82 Å². The summed E-state index contributed by atoms with van der Waals surface area (Å²) in [7, 11) is 0. The lowest BCUT2D eigenvalue weighted by atomic mass is 10.1. The fraction of sp³-hybridized carbons (Fsp3) is 0.333. The van der Waals surface area contributed by atoms with E-state index in [1.54, 1.807) is 12.1 Å². The van der Waals surface area contributed by atoms with Gasteiger partial charge in [0.25, 0.3) is 0 Å². The van der Waals surface area contributed by atoms with Crippen LogP contribution in [0.15, 0.2) is 24.3 Å². The second kappa shape index (κ2) is 5.39. The first kappa shape index (κ1) is 12.9. The number of carbonyl (C=O) groups excluding carboxylic acids is 1. The second-order valence-corrected chi connectivity index (χ2v) is 5.29. The Kier molecular flexibility index (Phi) is 3.86. The van der Waals surface area contributed by atoms with E-state index in [0.717, 1.165) is 5.56 Å². The van der Waals surface area contributed by atoms with E-state index in [0.29, 0.717) is 12.2 Å². The molecule has 4 nitrogen and oxygen atoms in total. The predicted molar refractivity (Wildman–Crippen MR) is 65.9 cm³/mol. The molecule has 1 aromatic rings. The summed E-state index contributed by atoms with van der Waals surface area (Å²) in [6.07, 6.45) is 0.403. The molecule has 0 unspecified atom stereocenters. The van der Waals surface area contributed by atoms with E-state index in [9.17, 15) is 14.0 Å². The summed E-state index contributed by atoms with van der Waals surface area (Å²) >= 11 is 1.29. The summed E-state index contributed by atoms with van der Waals surface area (Å²) < 4.78 is 13.0. The molecule has 0 aromatic heterocycles. The Morgan fingerprint density at radius 3 is 2.94 bits per heavy atom. The van der Waals surface area contributed by atoms with Gasteiger partial charge >= 0.3 is 5.97 Å². The van der Waals surface area contributed by atoms with Crippen LogP contribution in [0.3, 0.4) is 0 Å². The zero-order valence-electron chi connectivity index (χ0n) is 9.43. The molecule has 18 heavy (non-hydrogen) atoms. The largest absolute Gasteiger partial charge is 0.480 e. The SMILES string of the molecule is O=C(O)[C@@H]1CS[C@H](Cc2cccc(F)c2)C(=O)N1. The number of aliphatic carboxylic acids is 1. The van der Waals surface area contributed by atoms with E-state index in [2.05, 4.69) is 5.32 Å². The number of amides is 1. The Balaban J connectivity index is 1.99. The van der Waals surface area contributed by atoms with Crippen LogP contribution in [0.4, 0.5) is 4.39 Å². The number of halogens is 1. The van der Waals surface area contributed by atoms with Crippen LogP contribution in [-0.2, 0) is 16.0 Å². The molecule has 1 aliphatic rings. The van der Waals surface area contributed by atoms with Gasteiger partial charge in [-0.15, -0.1) is 11.8 Å². The lowest BCUT2D eigenvalue weighted by Crippen LogP contribution is -2.51. The molecule has 1 aliphatic heterocycles. The maximum Gasteiger partial charge on any atom is 0.327 e. The van der Waals surface area contributed by atoms with Gasteiger partial charge in [0, 0.05) is 5.75 Å². The molecular formula is C12H12FNO3S. The highest BCUT2D eigenvalue weighted by Crippen LogP contribution is 2.22. The highest BCUT2D eigenvalue weighted by atomic mass is 32.2. The lowest BCUT2D eigenvalue weighted by Gasteiger charge is -2.26. The van der Waals surface area contributed by atoms with E-state index >= 15 is 0 Å². The van der Waals surface area contributed by atoms with Gasteiger partial charge in [-0.25, -0.2) is 9.18 Å². The monoisotopic (exact) mass is 269 g/mol. The van der Waals surface area contributed by atoms with Crippen LogP contribution in [0.2, 0.25) is 0 Å². The summed E-state index contributed by atoms with van der Waals surface area (Å²) in [4.78, 5) is 22.4. The maximum atomic E-state index is 13.0. The molecule has 0 bridgehead atoms. The van der Waals surface area contributed by atoms with E-state index in [1.807, 2.05) is 0 Å². The molecule has 6 heteroatoms. The minimum atomic E-state index is -1.03. The van der Waals surface area contributed by atoms with Crippen LogP contribution in [-0.4, -0.2) is 34.0 Å². The van der Waals surface area contributed by atoms with Crippen LogP contribution in [0.1, 0.15) is 5.56 Å². The molecule has 0 saturated carbocycles. The van der Waals surface area contributed by atoms with Gasteiger partial charge in [-0.2, -0.15) is 0 Å². The Bertz CT molecular complexity index is 480. The van der Waals surface area contributed by atoms with Crippen molar-refractivity contribution in [1.82, 2.24) is 5.32 Å². The quantitative estimate of drug-likeness (QED) is 0.861. The van der Waals surface area contributed by atoms with Crippen LogP contribution in [0.25, 0.3) is 0 Å². The molecule has 0 radical (unpaired) electrons. The molecule has 1 saturated heterocycles. The Labute approximate surface area is 108 Å². The van der Waals surface area contributed by atoms with Gasteiger partial charge in [0.05, 0.1) is 5.25 Å². The van der Waals surface area contributed by atoms with Gasteiger partial charge in [0.1, 0.15) is 11.9 Å². The zero-order valence-corrected chi connectivity index (χ0v) is 10.2. The average molecular weight is 269 g/mol. The minimum absolute atomic E-state index is 0.303. The molecule has 2 atom stereocenters. The third kappa shape index (κ3) is 3.01. The maximum absolute atomic E-state index is 13.0. The molecule has 96 valence electrons. The summed E-state index contributed by atoms with van der Waals surface area (Å²) in [5, 5.41) is 10.9. The molecule has 1 heterocycles. The van der Waals surface area contributed by atoms with Crippen LogP contribution in [0.5, 0.6) is 0 Å². The Morgan fingerprint density at radius 1 is 1.56 bits per heavy atom. The van der Waals surface area contributed by atoms with Crippen molar-refractivity contribution >= 4 is 23.6 Å². The van der Waals surface area contributed by atoms with Crippen molar-refractivity contribution in [2.24, 2.45) is 0 Å². The fourth-order valence-electron chi connectivity index (χ4n) is 1.76. The predicted octanol–water partition coefficient (Wildman–Crippen LogP) is 1.05. The van der Waals surface area contributed by atoms with Crippen molar-refractivity contribution in [3.8, 4) is 0 Å². The first-order chi connectivity index (χ1) is 8.56. The van der Waals surface area contributed by atoms with Crippen molar-refractivity contribution < 1.29 is 19.1 Å². The first-order valence-electron chi connectivity index (χ1n) is 5.45. The smallest absolute Gasteiger partial charge is 0.327 e. The van der Waals surface area contributed by atoms with E-state index in [1.165, 1.54) is 23.9 Å². The number of nitrogens with one attached hydrogen (secondary N) is 1. The number of thioether (sulfide) groups is 1. The van der Waals surface area contributed by atoms with Gasteiger partial charge in [-0.05, 0) is 24.1 Å². The first-order valence-corrected chi connectivity index (χ1v) is 6.50. The number of benzene rings is 1. The van der Waals surface area contributed by atoms with Gasteiger partial charge in [-0.1, -0.05) is 12.1 Å². The third-order valence-corrected chi connectivity index (χ3v) is 3.99. The van der Waals surface area contributed by atoms with Crippen LogP contribution < -0.4 is 5.32 Å². The fourth-order valence-corrected chi connectivity index (χ4v) is 2.94. The topological polar surface area (TPSA) is 66.4 Å². The molecule has 1 amide bonds. The second-order valence-electron chi connectivity index (χ2n) is 4.06. The normalized spacial score (nSPS) is 23.5. The van der Waals surface area contributed by atoms with Gasteiger partial charge < -0.3 is 10.4 Å². The summed E-state index contributed by atoms with van der Waals surface area (Å²) in [5.74, 6) is -1.33. The third-order valence-electron chi connectivity index (χ3n) is 2.68. The van der Waals surface area contributed by atoms with Crippen molar-refractivity contribution in [3.05, 3.63) is 35.6 Å². The lowest BCUT2D eigenvalue weighted by molar-refractivity contribution is -0.141. The Hall–Kier alpha value is -1.56.